The van der Waals surface area contributed by atoms with Gasteiger partial charge in [-0.1, -0.05) is 11.6 Å². The Morgan fingerprint density at radius 1 is 1.16 bits per heavy atom. The summed E-state index contributed by atoms with van der Waals surface area (Å²) in [5.41, 5.74) is -0.149. The largest absolute Gasteiger partial charge is 0.416 e. The summed E-state index contributed by atoms with van der Waals surface area (Å²) in [6, 6.07) is 8.18. The van der Waals surface area contributed by atoms with Crippen molar-refractivity contribution >= 4 is 23.2 Å². The van der Waals surface area contributed by atoms with Crippen LogP contribution in [0.2, 0.25) is 5.02 Å². The van der Waals surface area contributed by atoms with Crippen LogP contribution in [-0.4, -0.2) is 48.7 Å². The Bertz CT molecular complexity index is 1270. The van der Waals surface area contributed by atoms with Crippen molar-refractivity contribution in [2.75, 3.05) is 38.1 Å². The van der Waals surface area contributed by atoms with Gasteiger partial charge in [-0.2, -0.15) is 13.2 Å². The van der Waals surface area contributed by atoms with Crippen LogP contribution >= 0.6 is 11.6 Å². The molecular formula is C26H28ClF4N5O. The fourth-order valence-electron chi connectivity index (χ4n) is 4.78. The SMILES string of the molecule is CNCCNC(=O)C1(c2cnc(-c3cccn3C)c(F)c2)CCN(c2ccc(C(F)(F)F)cc2Cl)CC1. The fraction of sp³-hybridized carbons (Fsp3) is 0.385. The summed E-state index contributed by atoms with van der Waals surface area (Å²) in [6.07, 6.45) is -0.541. The van der Waals surface area contributed by atoms with E-state index in [0.717, 1.165) is 12.1 Å². The molecule has 198 valence electrons. The molecule has 0 bridgehead atoms. The Labute approximate surface area is 217 Å². The van der Waals surface area contributed by atoms with Gasteiger partial charge < -0.3 is 20.1 Å². The molecule has 11 heteroatoms. The third-order valence-electron chi connectivity index (χ3n) is 6.91. The Balaban J connectivity index is 1.63. The zero-order valence-electron chi connectivity index (χ0n) is 20.5. The minimum absolute atomic E-state index is 0.0135. The van der Waals surface area contributed by atoms with Crippen molar-refractivity contribution in [3.8, 4) is 11.4 Å². The van der Waals surface area contributed by atoms with E-state index in [-0.39, 0.29) is 16.6 Å². The number of amides is 1. The summed E-state index contributed by atoms with van der Waals surface area (Å²) >= 11 is 6.21. The minimum Gasteiger partial charge on any atom is -0.370 e. The maximum atomic E-state index is 15.3. The lowest BCUT2D eigenvalue weighted by molar-refractivity contribution is -0.137. The molecule has 1 saturated heterocycles. The Kier molecular flexibility index (Phi) is 7.80. The Morgan fingerprint density at radius 2 is 1.89 bits per heavy atom. The molecule has 3 heterocycles. The second-order valence-corrected chi connectivity index (χ2v) is 9.56. The molecule has 0 unspecified atom stereocenters. The quantitative estimate of drug-likeness (QED) is 0.337. The number of pyridine rings is 1. The van der Waals surface area contributed by atoms with Gasteiger partial charge in [0.25, 0.3) is 0 Å². The molecule has 3 aromatic rings. The molecule has 2 N–H and O–H groups in total. The number of benzene rings is 1. The van der Waals surface area contributed by atoms with Gasteiger partial charge in [0, 0.05) is 45.6 Å². The molecule has 1 aromatic carbocycles. The summed E-state index contributed by atoms with van der Waals surface area (Å²) < 4.78 is 56.2. The molecule has 2 aromatic heterocycles. The maximum absolute atomic E-state index is 15.3. The van der Waals surface area contributed by atoms with E-state index in [1.165, 1.54) is 12.1 Å². The highest BCUT2D eigenvalue weighted by Crippen LogP contribution is 2.41. The average Bonchev–Trinajstić information content (AvgIpc) is 3.29. The monoisotopic (exact) mass is 537 g/mol. The normalized spacial score (nSPS) is 15.6. The molecule has 0 aliphatic carbocycles. The van der Waals surface area contributed by atoms with Gasteiger partial charge in [-0.05, 0) is 61.9 Å². The van der Waals surface area contributed by atoms with Gasteiger partial charge in [-0.15, -0.1) is 0 Å². The summed E-state index contributed by atoms with van der Waals surface area (Å²) in [6.45, 7) is 1.63. The minimum atomic E-state index is -4.49. The van der Waals surface area contributed by atoms with Crippen molar-refractivity contribution in [2.24, 2.45) is 7.05 Å². The number of alkyl halides is 3. The molecule has 37 heavy (non-hydrogen) atoms. The molecule has 1 aliphatic rings. The summed E-state index contributed by atoms with van der Waals surface area (Å²) in [5.74, 6) is -0.774. The van der Waals surface area contributed by atoms with E-state index in [0.29, 0.717) is 56.0 Å². The Hall–Kier alpha value is -3.11. The van der Waals surface area contributed by atoms with E-state index < -0.39 is 23.0 Å². The molecule has 6 nitrogen and oxygen atoms in total. The van der Waals surface area contributed by atoms with Crippen LogP contribution in [0, 0.1) is 5.82 Å². The van der Waals surface area contributed by atoms with Crippen LogP contribution in [0.1, 0.15) is 24.0 Å². The number of nitrogens with one attached hydrogen (secondary N) is 2. The third kappa shape index (κ3) is 5.45. The number of aryl methyl sites for hydroxylation is 1. The number of aromatic nitrogens is 2. The zero-order chi connectivity index (χ0) is 26.8. The molecule has 1 aliphatic heterocycles. The molecule has 0 saturated carbocycles. The van der Waals surface area contributed by atoms with Crippen LogP contribution in [0.4, 0.5) is 23.2 Å². The predicted molar refractivity (Wildman–Crippen MR) is 135 cm³/mol. The van der Waals surface area contributed by atoms with Crippen LogP contribution in [0.25, 0.3) is 11.4 Å². The number of piperidine rings is 1. The first kappa shape index (κ1) is 26.9. The van der Waals surface area contributed by atoms with Crippen molar-refractivity contribution in [1.29, 1.82) is 0 Å². The van der Waals surface area contributed by atoms with Crippen LogP contribution in [-0.2, 0) is 23.4 Å². The molecule has 0 atom stereocenters. The van der Waals surface area contributed by atoms with Crippen molar-refractivity contribution in [1.82, 2.24) is 20.2 Å². The van der Waals surface area contributed by atoms with Crippen LogP contribution in [0.15, 0.2) is 48.8 Å². The molecular weight excluding hydrogens is 510 g/mol. The van der Waals surface area contributed by atoms with Crippen molar-refractivity contribution in [3.63, 3.8) is 0 Å². The highest BCUT2D eigenvalue weighted by molar-refractivity contribution is 6.33. The van der Waals surface area contributed by atoms with Gasteiger partial charge in [-0.25, -0.2) is 4.39 Å². The molecule has 4 rings (SSSR count). The summed E-state index contributed by atoms with van der Waals surface area (Å²) in [7, 11) is 3.57. The van der Waals surface area contributed by atoms with Crippen molar-refractivity contribution < 1.29 is 22.4 Å². The lowest BCUT2D eigenvalue weighted by Crippen LogP contribution is -2.52. The highest BCUT2D eigenvalue weighted by atomic mass is 35.5. The summed E-state index contributed by atoms with van der Waals surface area (Å²) in [5, 5.41) is 5.89. The predicted octanol–water partition coefficient (Wildman–Crippen LogP) is 4.77. The van der Waals surface area contributed by atoms with E-state index in [1.54, 1.807) is 43.2 Å². The number of carbonyl (C=O) groups excluding carboxylic acids is 1. The van der Waals surface area contributed by atoms with Gasteiger partial charge in [0.15, 0.2) is 5.82 Å². The van der Waals surface area contributed by atoms with Crippen LogP contribution < -0.4 is 15.5 Å². The van der Waals surface area contributed by atoms with Crippen molar-refractivity contribution in [3.05, 3.63) is 70.8 Å². The maximum Gasteiger partial charge on any atom is 0.416 e. The van der Waals surface area contributed by atoms with E-state index in [4.69, 9.17) is 11.6 Å². The number of likely N-dealkylation sites (N-methyl/N-ethyl adjacent to an activating group) is 1. The smallest absolute Gasteiger partial charge is 0.370 e. The average molecular weight is 538 g/mol. The number of carbonyl (C=O) groups is 1. The molecule has 0 spiro atoms. The van der Waals surface area contributed by atoms with E-state index in [2.05, 4.69) is 15.6 Å². The molecule has 1 amide bonds. The number of hydrogen-bond donors (Lipinski definition) is 2. The van der Waals surface area contributed by atoms with Gasteiger partial charge in [0.1, 0.15) is 5.69 Å². The highest BCUT2D eigenvalue weighted by Gasteiger charge is 2.44. The topological polar surface area (TPSA) is 62.2 Å². The Morgan fingerprint density at radius 3 is 2.46 bits per heavy atom. The standard InChI is InChI=1S/C26H28ClF4N5O/c1-32-9-10-33-24(37)25(18-15-20(28)23(34-16-18)22-4-3-11-35(22)2)7-12-36(13-8-25)21-6-5-17(14-19(21)27)26(29,30)31/h3-6,11,14-16,32H,7-10,12-13H2,1-2H3,(H,33,37). The van der Waals surface area contributed by atoms with E-state index in [9.17, 15) is 18.0 Å². The first-order chi connectivity index (χ1) is 17.6. The third-order valence-corrected chi connectivity index (χ3v) is 7.21. The second-order valence-electron chi connectivity index (χ2n) is 9.15. The van der Waals surface area contributed by atoms with Crippen molar-refractivity contribution in [2.45, 2.75) is 24.4 Å². The second kappa shape index (κ2) is 10.7. The summed E-state index contributed by atoms with van der Waals surface area (Å²) in [4.78, 5) is 19.7. The molecule has 0 radical (unpaired) electrons. The van der Waals surface area contributed by atoms with Gasteiger partial charge in [0.2, 0.25) is 5.91 Å². The first-order valence-corrected chi connectivity index (χ1v) is 12.3. The fourth-order valence-corrected chi connectivity index (χ4v) is 5.08. The van der Waals surface area contributed by atoms with E-state index >= 15 is 4.39 Å². The van der Waals surface area contributed by atoms with Gasteiger partial charge in [-0.3, -0.25) is 9.78 Å². The number of anilines is 1. The number of rotatable bonds is 7. The number of hydrogen-bond acceptors (Lipinski definition) is 4. The van der Waals surface area contributed by atoms with E-state index in [1.807, 2.05) is 4.90 Å². The first-order valence-electron chi connectivity index (χ1n) is 11.9. The number of nitrogens with zero attached hydrogens (tertiary/aromatic N) is 3. The van der Waals surface area contributed by atoms with Crippen LogP contribution in [0.3, 0.4) is 0 Å². The number of halogens is 5. The lowest BCUT2D eigenvalue weighted by atomic mass is 9.72. The molecule has 1 fully saturated rings. The lowest BCUT2D eigenvalue weighted by Gasteiger charge is -2.42. The zero-order valence-corrected chi connectivity index (χ0v) is 21.3. The van der Waals surface area contributed by atoms with Crippen LogP contribution in [0.5, 0.6) is 0 Å². The van der Waals surface area contributed by atoms with Gasteiger partial charge >= 0.3 is 6.18 Å². The van der Waals surface area contributed by atoms with Gasteiger partial charge in [0.05, 0.1) is 27.4 Å².